The van der Waals surface area contributed by atoms with Gasteiger partial charge in [0.25, 0.3) is 5.91 Å². The first kappa shape index (κ1) is 15.1. The quantitative estimate of drug-likeness (QED) is 0.764. The number of carbonyl (C=O) groups is 1. The van der Waals surface area contributed by atoms with E-state index in [1.54, 1.807) is 17.5 Å². The van der Waals surface area contributed by atoms with Gasteiger partial charge in [0.1, 0.15) is 0 Å². The minimum absolute atomic E-state index is 0.246. The predicted octanol–water partition coefficient (Wildman–Crippen LogP) is 0.540. The lowest BCUT2D eigenvalue weighted by molar-refractivity contribution is 0.0343. The van der Waals surface area contributed by atoms with Crippen LogP contribution in [0.25, 0.3) is 0 Å². The second-order valence-corrected chi connectivity index (χ2v) is 6.28. The molecule has 22 heavy (non-hydrogen) atoms. The van der Waals surface area contributed by atoms with Gasteiger partial charge in [-0.25, -0.2) is 9.97 Å². The number of thiazole rings is 1. The fraction of sp³-hybridized carbons (Fsp3) is 0.500. The van der Waals surface area contributed by atoms with Crippen molar-refractivity contribution in [2.75, 3.05) is 13.1 Å². The van der Waals surface area contributed by atoms with E-state index in [4.69, 9.17) is 0 Å². The fourth-order valence-electron chi connectivity index (χ4n) is 2.62. The van der Waals surface area contributed by atoms with Gasteiger partial charge < -0.3 is 15.4 Å². The maximum absolute atomic E-state index is 12.1. The van der Waals surface area contributed by atoms with Crippen LogP contribution in [0.4, 0.5) is 0 Å². The zero-order valence-electron chi connectivity index (χ0n) is 12.3. The van der Waals surface area contributed by atoms with E-state index in [0.29, 0.717) is 13.0 Å². The molecule has 0 radical (unpaired) electrons. The summed E-state index contributed by atoms with van der Waals surface area (Å²) in [7, 11) is 0. The molecular weight excluding hydrogens is 302 g/mol. The smallest absolute Gasteiger partial charge is 0.287 e. The second-order valence-electron chi connectivity index (χ2n) is 5.57. The number of aliphatic hydroxyl groups is 1. The number of aromatic amines is 1. The topological polar surface area (TPSA) is 94.1 Å². The van der Waals surface area contributed by atoms with E-state index in [1.807, 2.05) is 17.8 Å². The average molecular weight is 321 g/mol. The number of piperidine rings is 1. The Morgan fingerprint density at radius 1 is 1.59 bits per heavy atom. The first-order valence-electron chi connectivity index (χ1n) is 7.22. The summed E-state index contributed by atoms with van der Waals surface area (Å²) in [5.41, 5.74) is 3.67. The molecule has 0 saturated carbocycles. The zero-order chi connectivity index (χ0) is 15.5. The van der Waals surface area contributed by atoms with Crippen molar-refractivity contribution >= 4 is 17.2 Å². The number of amides is 1. The lowest BCUT2D eigenvalue weighted by Crippen LogP contribution is -2.53. The van der Waals surface area contributed by atoms with E-state index in [9.17, 15) is 9.90 Å². The van der Waals surface area contributed by atoms with Gasteiger partial charge >= 0.3 is 0 Å². The summed E-state index contributed by atoms with van der Waals surface area (Å²) in [6.45, 7) is 3.92. The predicted molar refractivity (Wildman–Crippen MR) is 82.6 cm³/mol. The van der Waals surface area contributed by atoms with Crippen molar-refractivity contribution in [1.82, 2.24) is 25.2 Å². The largest absolute Gasteiger partial charge is 0.390 e. The molecule has 2 aromatic rings. The number of hydrogen-bond acceptors (Lipinski definition) is 6. The summed E-state index contributed by atoms with van der Waals surface area (Å²) in [5, 5.41) is 15.1. The van der Waals surface area contributed by atoms with E-state index in [0.717, 1.165) is 24.5 Å². The van der Waals surface area contributed by atoms with Crippen molar-refractivity contribution < 1.29 is 9.90 Å². The molecule has 3 rings (SSSR count). The number of β-amino-alcohol motifs (C(OH)–C–C–N with tert-alkyl or cyclic N) is 1. The van der Waals surface area contributed by atoms with E-state index in [1.165, 1.54) is 0 Å². The minimum Gasteiger partial charge on any atom is -0.390 e. The average Bonchev–Trinajstić information content (AvgIpc) is 3.13. The van der Waals surface area contributed by atoms with Crippen LogP contribution in [0.2, 0.25) is 0 Å². The first-order chi connectivity index (χ1) is 10.6. The van der Waals surface area contributed by atoms with Crippen LogP contribution < -0.4 is 5.32 Å². The van der Waals surface area contributed by atoms with Crippen molar-refractivity contribution in [1.29, 1.82) is 0 Å². The van der Waals surface area contributed by atoms with Gasteiger partial charge in [-0.1, -0.05) is 0 Å². The Labute approximate surface area is 132 Å². The Morgan fingerprint density at radius 3 is 3.09 bits per heavy atom. The Bertz CT molecular complexity index is 627. The second kappa shape index (κ2) is 6.55. The molecule has 0 unspecified atom stereocenters. The van der Waals surface area contributed by atoms with Crippen molar-refractivity contribution in [3.8, 4) is 0 Å². The number of carbonyl (C=O) groups excluding carboxylic acids is 1. The third-order valence-corrected chi connectivity index (χ3v) is 4.40. The van der Waals surface area contributed by atoms with Crippen molar-refractivity contribution in [3.05, 3.63) is 34.3 Å². The molecule has 8 heteroatoms. The molecule has 3 heterocycles. The van der Waals surface area contributed by atoms with Crippen LogP contribution >= 0.6 is 11.3 Å². The number of H-pyrrole nitrogens is 1. The van der Waals surface area contributed by atoms with Crippen LogP contribution in [-0.2, 0) is 6.54 Å². The van der Waals surface area contributed by atoms with Crippen LogP contribution in [0.15, 0.2) is 17.1 Å². The molecule has 1 saturated heterocycles. The number of rotatable bonds is 4. The summed E-state index contributed by atoms with van der Waals surface area (Å²) >= 11 is 1.57. The number of imidazole rings is 1. The maximum atomic E-state index is 12.1. The van der Waals surface area contributed by atoms with Gasteiger partial charge in [-0.05, 0) is 13.3 Å². The molecule has 3 N–H and O–H groups in total. The molecule has 1 amide bonds. The SMILES string of the molecule is Cc1cnc(C(=O)N[C@H]2CCN(Cc3cscn3)C[C@@H]2O)[nH]1. The molecule has 118 valence electrons. The molecule has 1 aliphatic rings. The summed E-state index contributed by atoms with van der Waals surface area (Å²) in [5.74, 6) is 0.0136. The third kappa shape index (κ3) is 3.52. The molecule has 0 aliphatic carbocycles. The lowest BCUT2D eigenvalue weighted by Gasteiger charge is -2.35. The van der Waals surface area contributed by atoms with E-state index in [2.05, 4.69) is 25.2 Å². The highest BCUT2D eigenvalue weighted by molar-refractivity contribution is 7.07. The number of nitrogens with zero attached hydrogens (tertiary/aromatic N) is 3. The van der Waals surface area contributed by atoms with Gasteiger partial charge in [0.15, 0.2) is 5.82 Å². The van der Waals surface area contributed by atoms with Crippen molar-refractivity contribution in [2.24, 2.45) is 0 Å². The fourth-order valence-corrected chi connectivity index (χ4v) is 3.17. The summed E-state index contributed by atoms with van der Waals surface area (Å²) in [6.07, 6.45) is 1.73. The highest BCUT2D eigenvalue weighted by atomic mass is 32.1. The van der Waals surface area contributed by atoms with Gasteiger partial charge in [-0.3, -0.25) is 9.69 Å². The van der Waals surface area contributed by atoms with Crippen LogP contribution in [0.5, 0.6) is 0 Å². The highest BCUT2D eigenvalue weighted by Gasteiger charge is 2.29. The Kier molecular flexibility index (Phi) is 4.51. The number of aliphatic hydroxyl groups excluding tert-OH is 1. The third-order valence-electron chi connectivity index (χ3n) is 3.77. The molecule has 0 aromatic carbocycles. The summed E-state index contributed by atoms with van der Waals surface area (Å²) in [4.78, 5) is 25.4. The number of aromatic nitrogens is 3. The van der Waals surface area contributed by atoms with Crippen molar-refractivity contribution in [2.45, 2.75) is 32.0 Å². The zero-order valence-corrected chi connectivity index (χ0v) is 13.1. The Balaban J connectivity index is 1.53. The Morgan fingerprint density at radius 2 is 2.45 bits per heavy atom. The maximum Gasteiger partial charge on any atom is 0.287 e. The number of nitrogens with one attached hydrogen (secondary N) is 2. The van der Waals surface area contributed by atoms with Crippen LogP contribution in [0, 0.1) is 6.92 Å². The highest BCUT2D eigenvalue weighted by Crippen LogP contribution is 2.15. The van der Waals surface area contributed by atoms with Gasteiger partial charge in [0.05, 0.1) is 23.4 Å². The van der Waals surface area contributed by atoms with Crippen LogP contribution in [0.1, 0.15) is 28.4 Å². The normalized spacial score (nSPS) is 22.6. The van der Waals surface area contributed by atoms with Gasteiger partial charge in [0.2, 0.25) is 0 Å². The number of hydrogen-bond donors (Lipinski definition) is 3. The summed E-state index contributed by atoms with van der Waals surface area (Å²) < 4.78 is 0. The van der Waals surface area contributed by atoms with E-state index >= 15 is 0 Å². The molecule has 1 fully saturated rings. The first-order valence-corrected chi connectivity index (χ1v) is 8.16. The lowest BCUT2D eigenvalue weighted by atomic mass is 10.0. The monoisotopic (exact) mass is 321 g/mol. The molecule has 7 nitrogen and oxygen atoms in total. The minimum atomic E-state index is -0.590. The number of likely N-dealkylation sites (tertiary alicyclic amines) is 1. The van der Waals surface area contributed by atoms with E-state index in [-0.39, 0.29) is 17.8 Å². The van der Waals surface area contributed by atoms with Gasteiger partial charge in [0, 0.05) is 36.9 Å². The Hall–Kier alpha value is -1.77. The molecule has 2 atom stereocenters. The van der Waals surface area contributed by atoms with Crippen LogP contribution in [-0.4, -0.2) is 56.1 Å². The molecule has 2 aromatic heterocycles. The van der Waals surface area contributed by atoms with Gasteiger partial charge in [-0.2, -0.15) is 0 Å². The van der Waals surface area contributed by atoms with Gasteiger partial charge in [-0.15, -0.1) is 11.3 Å². The standard InChI is InChI=1S/C14H19N5O2S/c1-9-4-15-13(17-9)14(21)18-11-2-3-19(6-12(11)20)5-10-7-22-8-16-10/h4,7-8,11-12,20H,2-3,5-6H2,1H3,(H,15,17)(H,18,21)/t11-,12-/m0/s1. The molecule has 0 spiro atoms. The molecule has 0 bridgehead atoms. The molecule has 1 aliphatic heterocycles. The van der Waals surface area contributed by atoms with E-state index < -0.39 is 6.10 Å². The molecular formula is C14H19N5O2S. The van der Waals surface area contributed by atoms with Crippen molar-refractivity contribution in [3.63, 3.8) is 0 Å². The number of aryl methyl sites for hydroxylation is 1. The van der Waals surface area contributed by atoms with Crippen LogP contribution in [0.3, 0.4) is 0 Å². The summed E-state index contributed by atoms with van der Waals surface area (Å²) in [6, 6.07) is -0.246.